The summed E-state index contributed by atoms with van der Waals surface area (Å²) in [5.41, 5.74) is 3.28. The van der Waals surface area contributed by atoms with E-state index in [2.05, 4.69) is 27.7 Å². The number of anilines is 2. The Balaban J connectivity index is 2.07. The second-order valence-electron chi connectivity index (χ2n) is 4.77. The number of likely N-dealkylation sites (N-methyl/N-ethyl adjacent to an activating group) is 1. The van der Waals surface area contributed by atoms with Crippen LogP contribution in [-0.2, 0) is 4.79 Å². The molecule has 1 saturated heterocycles. The molecule has 1 aromatic carbocycles. The molecule has 1 aliphatic heterocycles. The summed E-state index contributed by atoms with van der Waals surface area (Å²) in [7, 11) is 1.77. The van der Waals surface area contributed by atoms with Crippen LogP contribution in [-0.4, -0.2) is 32.6 Å². The molecule has 0 aliphatic carbocycles. The average molecular weight is 247 g/mol. The first-order chi connectivity index (χ1) is 8.70. The Morgan fingerprint density at radius 1 is 1.33 bits per heavy atom. The summed E-state index contributed by atoms with van der Waals surface area (Å²) in [4.78, 5) is 13.9. The molecule has 98 valence electrons. The Kier molecular flexibility index (Phi) is 4.20. The van der Waals surface area contributed by atoms with E-state index in [9.17, 15) is 4.79 Å². The summed E-state index contributed by atoms with van der Waals surface area (Å²) in [5.74, 6) is -0.00507. The van der Waals surface area contributed by atoms with Crippen molar-refractivity contribution in [1.82, 2.24) is 5.32 Å². The van der Waals surface area contributed by atoms with Crippen LogP contribution in [0, 0.1) is 6.92 Å². The fourth-order valence-corrected chi connectivity index (χ4v) is 2.32. The number of nitrogens with zero attached hydrogens (tertiary/aromatic N) is 1. The largest absolute Gasteiger partial charge is 0.372 e. The second-order valence-corrected chi connectivity index (χ2v) is 4.77. The lowest BCUT2D eigenvalue weighted by Crippen LogP contribution is -2.25. The number of hydrogen-bond donors (Lipinski definition) is 2. The summed E-state index contributed by atoms with van der Waals surface area (Å²) in [6, 6.07) is 6.24. The van der Waals surface area contributed by atoms with Gasteiger partial charge in [0.05, 0.1) is 6.54 Å². The number of carbonyl (C=O) groups excluding carboxylic acids is 1. The highest BCUT2D eigenvalue weighted by Gasteiger charge is 2.13. The highest BCUT2D eigenvalue weighted by molar-refractivity contribution is 5.93. The Morgan fingerprint density at radius 3 is 2.67 bits per heavy atom. The number of aryl methyl sites for hydroxylation is 1. The zero-order chi connectivity index (χ0) is 13.0. The SMILES string of the molecule is CNCC(=O)Nc1ccc(N2CCCC2)cc1C. The van der Waals surface area contributed by atoms with Crippen LogP contribution in [0.25, 0.3) is 0 Å². The smallest absolute Gasteiger partial charge is 0.238 e. The lowest BCUT2D eigenvalue weighted by molar-refractivity contribution is -0.115. The summed E-state index contributed by atoms with van der Waals surface area (Å²) in [5, 5.41) is 5.75. The van der Waals surface area contributed by atoms with Gasteiger partial charge >= 0.3 is 0 Å². The van der Waals surface area contributed by atoms with E-state index in [4.69, 9.17) is 0 Å². The van der Waals surface area contributed by atoms with E-state index in [1.165, 1.54) is 18.5 Å². The van der Waals surface area contributed by atoms with E-state index in [0.29, 0.717) is 6.54 Å². The standard InChI is InChI=1S/C14H21N3O/c1-11-9-12(17-7-3-4-8-17)5-6-13(11)16-14(18)10-15-2/h5-6,9,15H,3-4,7-8,10H2,1-2H3,(H,16,18). The first kappa shape index (κ1) is 12.9. The fourth-order valence-electron chi connectivity index (χ4n) is 2.32. The molecule has 1 fully saturated rings. The zero-order valence-electron chi connectivity index (χ0n) is 11.1. The van der Waals surface area contributed by atoms with Crippen molar-refractivity contribution < 1.29 is 4.79 Å². The molecular formula is C14H21N3O. The van der Waals surface area contributed by atoms with Gasteiger partial charge in [-0.05, 0) is 50.6 Å². The third kappa shape index (κ3) is 3.01. The summed E-state index contributed by atoms with van der Waals surface area (Å²) in [6.45, 7) is 4.66. The third-order valence-electron chi connectivity index (χ3n) is 3.29. The summed E-state index contributed by atoms with van der Waals surface area (Å²) < 4.78 is 0. The van der Waals surface area contributed by atoms with Crippen LogP contribution in [0.1, 0.15) is 18.4 Å². The molecule has 4 heteroatoms. The van der Waals surface area contributed by atoms with E-state index in [0.717, 1.165) is 24.3 Å². The maximum Gasteiger partial charge on any atom is 0.238 e. The molecule has 0 radical (unpaired) electrons. The van der Waals surface area contributed by atoms with Gasteiger partial charge in [0.2, 0.25) is 5.91 Å². The molecule has 1 heterocycles. The van der Waals surface area contributed by atoms with Gasteiger partial charge in [-0.3, -0.25) is 4.79 Å². The average Bonchev–Trinajstić information content (AvgIpc) is 2.85. The maximum absolute atomic E-state index is 11.5. The van der Waals surface area contributed by atoms with Crippen molar-refractivity contribution >= 4 is 17.3 Å². The minimum absolute atomic E-state index is 0.00507. The lowest BCUT2D eigenvalue weighted by atomic mass is 10.1. The van der Waals surface area contributed by atoms with Crippen molar-refractivity contribution in [1.29, 1.82) is 0 Å². The maximum atomic E-state index is 11.5. The number of hydrogen-bond acceptors (Lipinski definition) is 3. The number of rotatable bonds is 4. The molecule has 1 aliphatic rings. The molecule has 2 N–H and O–H groups in total. The molecule has 0 aromatic heterocycles. The summed E-state index contributed by atoms with van der Waals surface area (Å²) in [6.07, 6.45) is 2.55. The zero-order valence-corrected chi connectivity index (χ0v) is 11.1. The van der Waals surface area contributed by atoms with E-state index in [1.807, 2.05) is 13.0 Å². The van der Waals surface area contributed by atoms with Gasteiger partial charge in [-0.15, -0.1) is 0 Å². The van der Waals surface area contributed by atoms with Crippen LogP contribution in [0.15, 0.2) is 18.2 Å². The molecule has 4 nitrogen and oxygen atoms in total. The Morgan fingerprint density at radius 2 is 2.06 bits per heavy atom. The van der Waals surface area contributed by atoms with Crippen molar-refractivity contribution in [3.8, 4) is 0 Å². The minimum Gasteiger partial charge on any atom is -0.372 e. The fraction of sp³-hybridized carbons (Fsp3) is 0.500. The number of nitrogens with one attached hydrogen (secondary N) is 2. The van der Waals surface area contributed by atoms with Gasteiger partial charge in [0.1, 0.15) is 0 Å². The number of amides is 1. The molecular weight excluding hydrogens is 226 g/mol. The van der Waals surface area contributed by atoms with Crippen LogP contribution in [0.4, 0.5) is 11.4 Å². The monoisotopic (exact) mass is 247 g/mol. The molecule has 0 spiro atoms. The molecule has 18 heavy (non-hydrogen) atoms. The van der Waals surface area contributed by atoms with Crippen molar-refractivity contribution in [3.05, 3.63) is 23.8 Å². The van der Waals surface area contributed by atoms with Gasteiger partial charge in [0, 0.05) is 24.5 Å². The topological polar surface area (TPSA) is 44.4 Å². The van der Waals surface area contributed by atoms with E-state index >= 15 is 0 Å². The van der Waals surface area contributed by atoms with Crippen LogP contribution in [0.2, 0.25) is 0 Å². The highest BCUT2D eigenvalue weighted by atomic mass is 16.1. The minimum atomic E-state index is -0.00507. The van der Waals surface area contributed by atoms with Crippen molar-refractivity contribution in [3.63, 3.8) is 0 Å². The predicted molar refractivity (Wildman–Crippen MR) is 75.2 cm³/mol. The molecule has 1 amide bonds. The Bertz CT molecular complexity index is 425. The van der Waals surface area contributed by atoms with Gasteiger partial charge < -0.3 is 15.5 Å². The van der Waals surface area contributed by atoms with E-state index < -0.39 is 0 Å². The normalized spacial score (nSPS) is 14.9. The van der Waals surface area contributed by atoms with Crippen LogP contribution >= 0.6 is 0 Å². The van der Waals surface area contributed by atoms with Crippen molar-refractivity contribution in [2.24, 2.45) is 0 Å². The lowest BCUT2D eigenvalue weighted by Gasteiger charge is -2.19. The van der Waals surface area contributed by atoms with Crippen LogP contribution in [0.3, 0.4) is 0 Å². The molecule has 0 bridgehead atoms. The number of benzene rings is 1. The van der Waals surface area contributed by atoms with E-state index in [-0.39, 0.29) is 5.91 Å². The Hall–Kier alpha value is -1.55. The summed E-state index contributed by atoms with van der Waals surface area (Å²) >= 11 is 0. The quantitative estimate of drug-likeness (QED) is 0.852. The third-order valence-corrected chi connectivity index (χ3v) is 3.29. The van der Waals surface area contributed by atoms with E-state index in [1.54, 1.807) is 7.05 Å². The molecule has 2 rings (SSSR count). The van der Waals surface area contributed by atoms with Gasteiger partial charge in [0.15, 0.2) is 0 Å². The first-order valence-corrected chi connectivity index (χ1v) is 6.51. The van der Waals surface area contributed by atoms with Gasteiger partial charge in [-0.2, -0.15) is 0 Å². The predicted octanol–water partition coefficient (Wildman–Crippen LogP) is 1.75. The van der Waals surface area contributed by atoms with Gasteiger partial charge in [-0.1, -0.05) is 0 Å². The molecule has 0 unspecified atom stereocenters. The van der Waals surface area contributed by atoms with Crippen LogP contribution in [0.5, 0.6) is 0 Å². The first-order valence-electron chi connectivity index (χ1n) is 6.51. The van der Waals surface area contributed by atoms with Crippen molar-refractivity contribution in [2.75, 3.05) is 36.9 Å². The Labute approximate surface area is 108 Å². The molecule has 0 atom stereocenters. The highest BCUT2D eigenvalue weighted by Crippen LogP contribution is 2.25. The number of carbonyl (C=O) groups is 1. The molecule has 0 saturated carbocycles. The van der Waals surface area contributed by atoms with Crippen molar-refractivity contribution in [2.45, 2.75) is 19.8 Å². The second kappa shape index (κ2) is 5.87. The van der Waals surface area contributed by atoms with Crippen LogP contribution < -0.4 is 15.5 Å². The van der Waals surface area contributed by atoms with Gasteiger partial charge in [-0.25, -0.2) is 0 Å². The van der Waals surface area contributed by atoms with Gasteiger partial charge in [0.25, 0.3) is 0 Å². The molecule has 1 aromatic rings.